The van der Waals surface area contributed by atoms with Crippen molar-refractivity contribution in [3.05, 3.63) is 40.9 Å². The number of carbonyl (C=O) groups excluding carboxylic acids is 2. The van der Waals surface area contributed by atoms with E-state index in [-0.39, 0.29) is 6.61 Å². The molecule has 1 rings (SSSR count). The molecule has 0 spiro atoms. The second-order valence-corrected chi connectivity index (χ2v) is 3.85. The summed E-state index contributed by atoms with van der Waals surface area (Å²) in [5.41, 5.74) is 0.736. The number of hydrogen-bond acceptors (Lipinski definition) is 4. The second-order valence-electron chi connectivity index (χ2n) is 3.42. The molecule has 1 aromatic carbocycles. The van der Waals surface area contributed by atoms with Gasteiger partial charge in [0.25, 0.3) is 0 Å². The van der Waals surface area contributed by atoms with Gasteiger partial charge in [0, 0.05) is 17.2 Å². The fraction of sp³-hybridized carbons (Fsp3) is 0.231. The van der Waals surface area contributed by atoms with Gasteiger partial charge in [-0.3, -0.25) is 0 Å². The smallest absolute Gasteiger partial charge is 0.336 e. The third kappa shape index (κ3) is 4.59. The zero-order chi connectivity index (χ0) is 13.5. The Bertz CT molecular complexity index is 480. The van der Waals surface area contributed by atoms with E-state index in [9.17, 15) is 9.59 Å². The molecule has 4 nitrogen and oxygen atoms in total. The number of hydrogen-bond donors (Lipinski definition) is 0. The van der Waals surface area contributed by atoms with Crippen LogP contribution in [0.15, 0.2) is 30.4 Å². The van der Waals surface area contributed by atoms with Crippen LogP contribution in [0.5, 0.6) is 5.75 Å². The molecule has 0 atom stereocenters. The zero-order valence-corrected chi connectivity index (χ0v) is 10.9. The van der Waals surface area contributed by atoms with Gasteiger partial charge in [-0.25, -0.2) is 9.59 Å². The molecule has 0 saturated heterocycles. The number of carbonyl (C=O) groups is 2. The maximum Gasteiger partial charge on any atom is 0.336 e. The van der Waals surface area contributed by atoms with Crippen LogP contribution < -0.4 is 4.74 Å². The molecule has 5 heteroatoms. The quantitative estimate of drug-likeness (QED) is 0.479. The first-order valence-corrected chi connectivity index (χ1v) is 5.73. The second kappa shape index (κ2) is 6.81. The molecule has 1 aromatic rings. The van der Waals surface area contributed by atoms with Crippen LogP contribution in [0.1, 0.15) is 12.5 Å². The van der Waals surface area contributed by atoms with E-state index in [0.717, 1.165) is 17.7 Å². The van der Waals surface area contributed by atoms with Crippen molar-refractivity contribution < 1.29 is 19.1 Å². The number of aryl methyl sites for hydroxylation is 1. The molecule has 18 heavy (non-hydrogen) atoms. The Morgan fingerprint density at radius 3 is 2.56 bits per heavy atom. The molecule has 0 fully saturated rings. The first kappa shape index (κ1) is 14.3. The van der Waals surface area contributed by atoms with Crippen molar-refractivity contribution in [2.45, 2.75) is 13.8 Å². The van der Waals surface area contributed by atoms with Gasteiger partial charge >= 0.3 is 11.9 Å². The standard InChI is InChI=1S/C13H13ClO4/c1-3-17-12(15)6-7-13(16)18-11-5-4-10(14)8-9(11)2/h4-8H,3H2,1-2H3/b7-6+. The van der Waals surface area contributed by atoms with Gasteiger partial charge in [0.15, 0.2) is 0 Å². The van der Waals surface area contributed by atoms with E-state index in [2.05, 4.69) is 4.74 Å². The monoisotopic (exact) mass is 268 g/mol. The van der Waals surface area contributed by atoms with Crippen LogP contribution in [0.3, 0.4) is 0 Å². The topological polar surface area (TPSA) is 52.6 Å². The molecule has 0 amide bonds. The molecule has 0 heterocycles. The van der Waals surface area contributed by atoms with Crippen molar-refractivity contribution in [1.82, 2.24) is 0 Å². The van der Waals surface area contributed by atoms with Crippen LogP contribution in [0.25, 0.3) is 0 Å². The first-order chi connectivity index (χ1) is 8.52. The Hall–Kier alpha value is -1.81. The average molecular weight is 269 g/mol. The van der Waals surface area contributed by atoms with Crippen LogP contribution in [0.4, 0.5) is 0 Å². The third-order valence-corrected chi connectivity index (χ3v) is 2.22. The van der Waals surface area contributed by atoms with Crippen molar-refractivity contribution in [1.29, 1.82) is 0 Å². The summed E-state index contributed by atoms with van der Waals surface area (Å²) in [4.78, 5) is 22.4. The lowest BCUT2D eigenvalue weighted by atomic mass is 10.2. The number of rotatable bonds is 4. The largest absolute Gasteiger partial charge is 0.463 e. The molecular weight excluding hydrogens is 256 g/mol. The van der Waals surface area contributed by atoms with Gasteiger partial charge < -0.3 is 9.47 Å². The van der Waals surface area contributed by atoms with Gasteiger partial charge in [-0.05, 0) is 37.6 Å². The highest BCUT2D eigenvalue weighted by molar-refractivity contribution is 6.30. The Labute approximate surface area is 110 Å². The lowest BCUT2D eigenvalue weighted by Crippen LogP contribution is -2.07. The first-order valence-electron chi connectivity index (χ1n) is 5.35. The van der Waals surface area contributed by atoms with Crippen LogP contribution in [-0.2, 0) is 14.3 Å². The van der Waals surface area contributed by atoms with Crippen molar-refractivity contribution >= 4 is 23.5 Å². The lowest BCUT2D eigenvalue weighted by Gasteiger charge is -2.05. The van der Waals surface area contributed by atoms with Gasteiger partial charge in [0.2, 0.25) is 0 Å². The van der Waals surface area contributed by atoms with Crippen LogP contribution in [0.2, 0.25) is 5.02 Å². The summed E-state index contributed by atoms with van der Waals surface area (Å²) in [6.07, 6.45) is 2.04. The molecule has 96 valence electrons. The molecule has 0 aliphatic heterocycles. The SMILES string of the molecule is CCOC(=O)/C=C/C(=O)Oc1ccc(Cl)cc1C. The average Bonchev–Trinajstić information content (AvgIpc) is 2.31. The van der Waals surface area contributed by atoms with Gasteiger partial charge in [0.05, 0.1) is 6.61 Å². The molecule has 0 radical (unpaired) electrons. The van der Waals surface area contributed by atoms with Crippen LogP contribution in [0, 0.1) is 6.92 Å². The number of esters is 2. The highest BCUT2D eigenvalue weighted by Gasteiger charge is 2.05. The van der Waals surface area contributed by atoms with E-state index >= 15 is 0 Å². The number of halogens is 1. The zero-order valence-electron chi connectivity index (χ0n) is 10.1. The summed E-state index contributed by atoms with van der Waals surface area (Å²) < 4.78 is 9.67. The van der Waals surface area contributed by atoms with Crippen molar-refractivity contribution in [3.63, 3.8) is 0 Å². The molecule has 0 saturated carbocycles. The summed E-state index contributed by atoms with van der Waals surface area (Å²) in [7, 11) is 0. The summed E-state index contributed by atoms with van der Waals surface area (Å²) in [6, 6.07) is 4.89. The van der Waals surface area contributed by atoms with Crippen LogP contribution >= 0.6 is 11.6 Å². The molecule has 0 unspecified atom stereocenters. The minimum Gasteiger partial charge on any atom is -0.463 e. The van der Waals surface area contributed by atoms with E-state index in [1.807, 2.05) is 0 Å². The van der Waals surface area contributed by atoms with E-state index in [0.29, 0.717) is 10.8 Å². The molecule has 0 aromatic heterocycles. The highest BCUT2D eigenvalue weighted by Crippen LogP contribution is 2.21. The summed E-state index contributed by atoms with van der Waals surface area (Å²) in [5, 5.41) is 0.564. The number of ether oxygens (including phenoxy) is 2. The fourth-order valence-electron chi connectivity index (χ4n) is 1.20. The highest BCUT2D eigenvalue weighted by atomic mass is 35.5. The molecular formula is C13H13ClO4. The third-order valence-electron chi connectivity index (χ3n) is 1.99. The van der Waals surface area contributed by atoms with Gasteiger partial charge in [-0.15, -0.1) is 0 Å². The summed E-state index contributed by atoms with van der Waals surface area (Å²) >= 11 is 5.78. The Morgan fingerprint density at radius 2 is 1.94 bits per heavy atom. The van der Waals surface area contributed by atoms with Crippen molar-refractivity contribution in [2.24, 2.45) is 0 Å². The van der Waals surface area contributed by atoms with Crippen molar-refractivity contribution in [3.8, 4) is 5.75 Å². The predicted molar refractivity (Wildman–Crippen MR) is 67.6 cm³/mol. The number of benzene rings is 1. The molecule has 0 bridgehead atoms. The van der Waals surface area contributed by atoms with E-state index in [1.54, 1.807) is 32.0 Å². The fourth-order valence-corrected chi connectivity index (χ4v) is 1.42. The Morgan fingerprint density at radius 1 is 1.28 bits per heavy atom. The Kier molecular flexibility index (Phi) is 5.39. The lowest BCUT2D eigenvalue weighted by molar-refractivity contribution is -0.138. The normalized spacial score (nSPS) is 10.4. The Balaban J connectivity index is 2.62. The van der Waals surface area contributed by atoms with Gasteiger partial charge in [-0.1, -0.05) is 11.6 Å². The summed E-state index contributed by atoms with van der Waals surface area (Å²) in [6.45, 7) is 3.71. The summed E-state index contributed by atoms with van der Waals surface area (Å²) in [5.74, 6) is -0.825. The minimum absolute atomic E-state index is 0.258. The van der Waals surface area contributed by atoms with Gasteiger partial charge in [-0.2, -0.15) is 0 Å². The van der Waals surface area contributed by atoms with E-state index < -0.39 is 11.9 Å². The van der Waals surface area contributed by atoms with E-state index in [1.165, 1.54) is 0 Å². The van der Waals surface area contributed by atoms with Gasteiger partial charge in [0.1, 0.15) is 5.75 Å². The maximum absolute atomic E-state index is 11.4. The molecule has 0 N–H and O–H groups in total. The van der Waals surface area contributed by atoms with Crippen LogP contribution in [-0.4, -0.2) is 18.5 Å². The van der Waals surface area contributed by atoms with Crippen molar-refractivity contribution in [2.75, 3.05) is 6.61 Å². The maximum atomic E-state index is 11.4. The molecule has 0 aliphatic carbocycles. The molecule has 0 aliphatic rings. The predicted octanol–water partition coefficient (Wildman–Crippen LogP) is 2.67. The van der Waals surface area contributed by atoms with E-state index in [4.69, 9.17) is 16.3 Å². The minimum atomic E-state index is -0.645.